The van der Waals surface area contributed by atoms with Gasteiger partial charge < -0.3 is 20.2 Å². The second-order valence-electron chi connectivity index (χ2n) is 4.20. The van der Waals surface area contributed by atoms with Gasteiger partial charge >= 0.3 is 5.82 Å². The molecule has 0 fully saturated rings. The molecule has 2 rings (SSSR count). The third kappa shape index (κ3) is 3.57. The molecule has 1 N–H and O–H groups in total. The number of nitro groups is 1. The average molecular weight is 309 g/mol. The van der Waals surface area contributed by atoms with Crippen molar-refractivity contribution in [3.8, 4) is 5.75 Å². The van der Waals surface area contributed by atoms with Gasteiger partial charge in [-0.15, -0.1) is 0 Å². The Morgan fingerprint density at radius 3 is 2.76 bits per heavy atom. The zero-order valence-corrected chi connectivity index (χ0v) is 12.2. The van der Waals surface area contributed by atoms with E-state index in [4.69, 9.17) is 16.3 Å². The maximum absolute atomic E-state index is 11.0. The molecule has 0 aliphatic heterocycles. The molecule has 21 heavy (non-hydrogen) atoms. The van der Waals surface area contributed by atoms with Crippen molar-refractivity contribution in [2.24, 2.45) is 0 Å². The minimum atomic E-state index is -0.582. The molecular weight excluding hydrogens is 296 g/mol. The van der Waals surface area contributed by atoms with Crippen LogP contribution in [0.15, 0.2) is 24.3 Å². The lowest BCUT2D eigenvalue weighted by atomic mass is 10.3. The normalized spacial score (nSPS) is 10.2. The summed E-state index contributed by atoms with van der Waals surface area (Å²) in [5, 5.41) is 14.3. The molecule has 0 saturated heterocycles. The number of anilines is 1. The van der Waals surface area contributed by atoms with Gasteiger partial charge in [0.1, 0.15) is 18.1 Å². The van der Waals surface area contributed by atoms with Crippen LogP contribution in [0.25, 0.3) is 0 Å². The third-order valence-electron chi connectivity index (χ3n) is 2.69. The maximum Gasteiger partial charge on any atom is 0.406 e. The van der Waals surface area contributed by atoms with E-state index in [2.05, 4.69) is 15.3 Å². The highest BCUT2D eigenvalue weighted by atomic mass is 35.5. The molecule has 0 radical (unpaired) electrons. The molecule has 0 aliphatic rings. The van der Waals surface area contributed by atoms with Crippen LogP contribution in [0, 0.1) is 17.0 Å². The number of nitrogens with one attached hydrogen (secondary N) is 1. The molecule has 0 aliphatic carbocycles. The van der Waals surface area contributed by atoms with Gasteiger partial charge in [-0.05, 0) is 34.2 Å². The Bertz CT molecular complexity index is 678. The molecule has 7 nitrogen and oxygen atoms in total. The molecule has 2 aromatic heterocycles. The first-order valence-electron chi connectivity index (χ1n) is 6.09. The smallest absolute Gasteiger partial charge is 0.406 e. The fraction of sp³-hybridized carbons (Fsp3) is 0.231. The largest absolute Gasteiger partial charge is 0.479 e. The molecule has 0 spiro atoms. The monoisotopic (exact) mass is 308 g/mol. The molecule has 2 heterocycles. The first kappa shape index (κ1) is 15.0. The van der Waals surface area contributed by atoms with Crippen LogP contribution in [0.2, 0.25) is 5.02 Å². The Morgan fingerprint density at radius 2 is 2.10 bits per heavy atom. The van der Waals surface area contributed by atoms with Gasteiger partial charge in [-0.1, -0.05) is 11.6 Å². The van der Waals surface area contributed by atoms with E-state index in [0.29, 0.717) is 22.2 Å². The van der Waals surface area contributed by atoms with Crippen LogP contribution < -0.4 is 10.1 Å². The zero-order chi connectivity index (χ0) is 15.4. The Labute approximate surface area is 126 Å². The van der Waals surface area contributed by atoms with Crippen LogP contribution in [-0.2, 0) is 6.61 Å². The molecule has 0 amide bonds. The van der Waals surface area contributed by atoms with Gasteiger partial charge in [0.15, 0.2) is 0 Å². The summed E-state index contributed by atoms with van der Waals surface area (Å²) in [6.07, 6.45) is 0. The van der Waals surface area contributed by atoms with Crippen LogP contribution in [-0.4, -0.2) is 21.9 Å². The van der Waals surface area contributed by atoms with Crippen molar-refractivity contribution >= 4 is 23.2 Å². The number of hydrogen-bond acceptors (Lipinski definition) is 6. The molecule has 2 aromatic rings. The zero-order valence-electron chi connectivity index (χ0n) is 11.5. The second kappa shape index (κ2) is 6.36. The molecule has 110 valence electrons. The van der Waals surface area contributed by atoms with Crippen molar-refractivity contribution in [1.82, 2.24) is 9.97 Å². The van der Waals surface area contributed by atoms with Gasteiger partial charge in [0.25, 0.3) is 0 Å². The summed E-state index contributed by atoms with van der Waals surface area (Å²) < 4.78 is 5.44. The molecule has 0 unspecified atom stereocenters. The standard InChI is InChI=1S/C13H13ClN4O3/c1-8-3-5-11(13(16-8)18(19)20)21-7-10-9(14)4-6-12(15-2)17-10/h3-6H,7H2,1-2H3,(H,15,17). The van der Waals surface area contributed by atoms with Gasteiger partial charge in [-0.2, -0.15) is 0 Å². The average Bonchev–Trinajstić information content (AvgIpc) is 2.47. The van der Waals surface area contributed by atoms with E-state index in [0.717, 1.165) is 0 Å². The number of aryl methyl sites for hydroxylation is 1. The van der Waals surface area contributed by atoms with E-state index in [1.54, 1.807) is 32.2 Å². The van der Waals surface area contributed by atoms with Crippen LogP contribution in [0.5, 0.6) is 5.75 Å². The van der Waals surface area contributed by atoms with Crippen molar-refractivity contribution in [1.29, 1.82) is 0 Å². The van der Waals surface area contributed by atoms with Gasteiger partial charge in [0.2, 0.25) is 5.75 Å². The fourth-order valence-corrected chi connectivity index (χ4v) is 1.80. The van der Waals surface area contributed by atoms with E-state index < -0.39 is 4.92 Å². The summed E-state index contributed by atoms with van der Waals surface area (Å²) in [6.45, 7) is 1.69. The number of nitrogens with zero attached hydrogens (tertiary/aromatic N) is 3. The summed E-state index contributed by atoms with van der Waals surface area (Å²) in [5.74, 6) is 0.392. The summed E-state index contributed by atoms with van der Waals surface area (Å²) in [4.78, 5) is 18.5. The van der Waals surface area contributed by atoms with Crippen molar-refractivity contribution in [2.75, 3.05) is 12.4 Å². The fourth-order valence-electron chi connectivity index (χ4n) is 1.64. The van der Waals surface area contributed by atoms with E-state index in [9.17, 15) is 10.1 Å². The second-order valence-corrected chi connectivity index (χ2v) is 4.60. The minimum Gasteiger partial charge on any atom is -0.479 e. The van der Waals surface area contributed by atoms with Crippen molar-refractivity contribution < 1.29 is 9.66 Å². The lowest BCUT2D eigenvalue weighted by molar-refractivity contribution is -0.390. The summed E-state index contributed by atoms with van der Waals surface area (Å²) in [7, 11) is 1.73. The number of pyridine rings is 2. The number of rotatable bonds is 5. The number of halogens is 1. The highest BCUT2D eigenvalue weighted by Gasteiger charge is 2.18. The van der Waals surface area contributed by atoms with Crippen molar-refractivity contribution in [3.05, 3.63) is 50.8 Å². The molecular formula is C13H13ClN4O3. The number of ether oxygens (including phenoxy) is 1. The molecule has 0 aromatic carbocycles. The van der Waals surface area contributed by atoms with Gasteiger partial charge in [0, 0.05) is 14.0 Å². The number of aromatic nitrogens is 2. The lowest BCUT2D eigenvalue weighted by Gasteiger charge is -2.09. The van der Waals surface area contributed by atoms with E-state index in [1.807, 2.05) is 0 Å². The quantitative estimate of drug-likeness (QED) is 0.674. The van der Waals surface area contributed by atoms with Crippen molar-refractivity contribution in [3.63, 3.8) is 0 Å². The van der Waals surface area contributed by atoms with E-state index >= 15 is 0 Å². The minimum absolute atomic E-state index is 0.0138. The van der Waals surface area contributed by atoms with Gasteiger partial charge in [-0.3, -0.25) is 0 Å². The van der Waals surface area contributed by atoms with Gasteiger partial charge in [0.05, 0.1) is 10.7 Å². The van der Waals surface area contributed by atoms with Crippen molar-refractivity contribution in [2.45, 2.75) is 13.5 Å². The predicted octanol–water partition coefficient (Wildman–Crippen LogP) is 2.97. The van der Waals surface area contributed by atoms with Gasteiger partial charge in [-0.25, -0.2) is 4.98 Å². The Kier molecular flexibility index (Phi) is 4.54. The summed E-state index contributed by atoms with van der Waals surface area (Å²) in [5.41, 5.74) is 1.03. The Hall–Kier alpha value is -2.41. The van der Waals surface area contributed by atoms with E-state index in [-0.39, 0.29) is 18.2 Å². The highest BCUT2D eigenvalue weighted by Crippen LogP contribution is 2.26. The highest BCUT2D eigenvalue weighted by molar-refractivity contribution is 6.31. The SMILES string of the molecule is CNc1ccc(Cl)c(COc2ccc(C)nc2[N+](=O)[O-])n1. The third-order valence-corrected chi connectivity index (χ3v) is 3.03. The topological polar surface area (TPSA) is 90.2 Å². The molecule has 8 heteroatoms. The van der Waals surface area contributed by atoms with E-state index in [1.165, 1.54) is 6.07 Å². The lowest BCUT2D eigenvalue weighted by Crippen LogP contribution is -2.04. The molecule has 0 atom stereocenters. The maximum atomic E-state index is 11.0. The van der Waals surface area contributed by atoms with Crippen LogP contribution in [0.4, 0.5) is 11.6 Å². The molecule has 0 saturated carbocycles. The van der Waals surface area contributed by atoms with Crippen LogP contribution in [0.3, 0.4) is 0 Å². The Balaban J connectivity index is 2.22. The predicted molar refractivity (Wildman–Crippen MR) is 78.8 cm³/mol. The Morgan fingerprint density at radius 1 is 1.33 bits per heavy atom. The first-order valence-corrected chi connectivity index (χ1v) is 6.47. The van der Waals surface area contributed by atoms with Crippen LogP contribution in [0.1, 0.15) is 11.4 Å². The first-order chi connectivity index (χ1) is 10.0. The number of hydrogen-bond donors (Lipinski definition) is 1. The molecule has 0 bridgehead atoms. The summed E-state index contributed by atoms with van der Waals surface area (Å²) in [6, 6.07) is 6.56. The summed E-state index contributed by atoms with van der Waals surface area (Å²) >= 11 is 6.03. The van der Waals surface area contributed by atoms with Crippen LogP contribution >= 0.6 is 11.6 Å².